The van der Waals surface area contributed by atoms with E-state index in [0.717, 1.165) is 42.3 Å². The SMILES string of the molecule is Cc1cc(C=C2SC(=O)NC2=O)nc2c(-c3ccc(N4CCC[C@@H](N)C4)c(F)c3)ccnc12. The zero-order valence-corrected chi connectivity index (χ0v) is 18.8. The Morgan fingerprint density at radius 2 is 2.09 bits per heavy atom. The minimum absolute atomic E-state index is 0.0529. The third kappa shape index (κ3) is 4.21. The van der Waals surface area contributed by atoms with Crippen LogP contribution in [0.5, 0.6) is 0 Å². The van der Waals surface area contributed by atoms with Crippen LogP contribution in [-0.2, 0) is 4.79 Å². The fourth-order valence-corrected chi connectivity index (χ4v) is 5.00. The largest absolute Gasteiger partial charge is 0.368 e. The normalized spacial score (nSPS) is 20.0. The Kier molecular flexibility index (Phi) is 5.59. The van der Waals surface area contributed by atoms with Crippen molar-refractivity contribution in [3.63, 3.8) is 0 Å². The number of halogens is 1. The minimum atomic E-state index is -0.439. The third-order valence-corrected chi connectivity index (χ3v) is 6.69. The molecular formula is C24H22FN5O2S. The predicted octanol–water partition coefficient (Wildman–Crippen LogP) is 4.00. The van der Waals surface area contributed by atoms with Crippen LogP contribution in [0.15, 0.2) is 41.4 Å². The fourth-order valence-electron chi connectivity index (χ4n) is 4.33. The van der Waals surface area contributed by atoms with Crippen LogP contribution < -0.4 is 16.0 Å². The molecule has 2 amide bonds. The second-order valence-corrected chi connectivity index (χ2v) is 9.30. The fraction of sp³-hybridized carbons (Fsp3) is 0.250. The molecule has 3 aromatic rings. The number of aromatic nitrogens is 2. The molecular weight excluding hydrogens is 441 g/mol. The zero-order chi connectivity index (χ0) is 23.1. The first-order valence-corrected chi connectivity index (χ1v) is 11.5. The van der Waals surface area contributed by atoms with E-state index in [1.165, 1.54) is 6.07 Å². The minimum Gasteiger partial charge on any atom is -0.368 e. The van der Waals surface area contributed by atoms with Crippen molar-refractivity contribution in [1.29, 1.82) is 0 Å². The van der Waals surface area contributed by atoms with E-state index in [1.807, 2.05) is 24.0 Å². The zero-order valence-electron chi connectivity index (χ0n) is 18.0. The average Bonchev–Trinajstić information content (AvgIpc) is 3.09. The maximum Gasteiger partial charge on any atom is 0.290 e. The third-order valence-electron chi connectivity index (χ3n) is 5.88. The molecule has 9 heteroatoms. The van der Waals surface area contributed by atoms with Gasteiger partial charge < -0.3 is 10.6 Å². The summed E-state index contributed by atoms with van der Waals surface area (Å²) in [5.74, 6) is -0.745. The van der Waals surface area contributed by atoms with Gasteiger partial charge in [0.15, 0.2) is 0 Å². The van der Waals surface area contributed by atoms with Crippen molar-refractivity contribution in [3.05, 3.63) is 58.5 Å². The van der Waals surface area contributed by atoms with Crippen molar-refractivity contribution >= 4 is 45.7 Å². The lowest BCUT2D eigenvalue weighted by atomic mass is 10.0. The molecule has 0 aliphatic carbocycles. The Bertz CT molecular complexity index is 1330. The quantitative estimate of drug-likeness (QED) is 0.566. The maximum absolute atomic E-state index is 15.1. The second kappa shape index (κ2) is 8.57. The summed E-state index contributed by atoms with van der Waals surface area (Å²) in [4.78, 5) is 34.8. The molecule has 2 aliphatic heterocycles. The number of imide groups is 1. The van der Waals surface area contributed by atoms with E-state index in [1.54, 1.807) is 24.4 Å². The van der Waals surface area contributed by atoms with Crippen molar-refractivity contribution in [2.24, 2.45) is 5.73 Å². The number of carbonyl (C=O) groups is 2. The molecule has 0 saturated carbocycles. The Hall–Kier alpha value is -3.30. The van der Waals surface area contributed by atoms with E-state index in [4.69, 9.17) is 10.7 Å². The van der Waals surface area contributed by atoms with Gasteiger partial charge in [0.2, 0.25) is 0 Å². The molecule has 5 rings (SSSR count). The van der Waals surface area contributed by atoms with Gasteiger partial charge in [-0.2, -0.15) is 0 Å². The smallest absolute Gasteiger partial charge is 0.290 e. The van der Waals surface area contributed by atoms with Crippen LogP contribution in [0, 0.1) is 12.7 Å². The van der Waals surface area contributed by atoms with Crippen LogP contribution in [0.1, 0.15) is 24.1 Å². The average molecular weight is 464 g/mol. The molecule has 168 valence electrons. The molecule has 7 nitrogen and oxygen atoms in total. The second-order valence-electron chi connectivity index (χ2n) is 8.29. The van der Waals surface area contributed by atoms with Gasteiger partial charge in [0.05, 0.1) is 27.3 Å². The van der Waals surface area contributed by atoms with Crippen LogP contribution >= 0.6 is 11.8 Å². The Labute approximate surface area is 194 Å². The van der Waals surface area contributed by atoms with E-state index >= 15 is 4.39 Å². The number of nitrogens with one attached hydrogen (secondary N) is 1. The highest BCUT2D eigenvalue weighted by molar-refractivity contribution is 8.18. The first-order valence-electron chi connectivity index (χ1n) is 10.7. The van der Waals surface area contributed by atoms with E-state index in [2.05, 4.69) is 10.3 Å². The van der Waals surface area contributed by atoms with Gasteiger partial charge in [0.25, 0.3) is 11.1 Å². The summed E-state index contributed by atoms with van der Waals surface area (Å²) in [5.41, 5.74) is 10.7. The Morgan fingerprint density at radius 3 is 2.82 bits per heavy atom. The topological polar surface area (TPSA) is 101 Å². The van der Waals surface area contributed by atoms with Crippen LogP contribution in [0.25, 0.3) is 28.2 Å². The number of hydrogen-bond acceptors (Lipinski definition) is 7. The highest BCUT2D eigenvalue weighted by atomic mass is 32.2. The maximum atomic E-state index is 15.1. The standard InChI is InChI=1S/C24H22FN5O2S/c1-13-9-16(11-20-23(31)29-24(32)33-20)28-22-17(6-7-27-21(13)22)14-4-5-19(18(25)10-14)30-8-2-3-15(26)12-30/h4-7,9-11,15H,2-3,8,12,26H2,1H3,(H,29,31,32)/t15-/m1/s1. The first kappa shape index (κ1) is 21.5. The number of hydrogen-bond donors (Lipinski definition) is 2. The van der Waals surface area contributed by atoms with Crippen LogP contribution in [-0.4, -0.2) is 40.2 Å². The summed E-state index contributed by atoms with van der Waals surface area (Å²) in [6.07, 6.45) is 5.16. The van der Waals surface area contributed by atoms with Gasteiger partial charge in [-0.3, -0.25) is 19.9 Å². The van der Waals surface area contributed by atoms with Crippen molar-refractivity contribution in [2.45, 2.75) is 25.8 Å². The van der Waals surface area contributed by atoms with E-state index in [0.29, 0.717) is 34.5 Å². The predicted molar refractivity (Wildman–Crippen MR) is 128 cm³/mol. The van der Waals surface area contributed by atoms with Gasteiger partial charge in [-0.25, -0.2) is 9.37 Å². The molecule has 2 aliphatic rings. The van der Waals surface area contributed by atoms with E-state index in [-0.39, 0.29) is 16.8 Å². The molecule has 1 aromatic carbocycles. The number of rotatable bonds is 3. The first-order chi connectivity index (χ1) is 15.9. The van der Waals surface area contributed by atoms with Crippen LogP contribution in [0.4, 0.5) is 14.9 Å². The molecule has 33 heavy (non-hydrogen) atoms. The molecule has 1 atom stereocenters. The van der Waals surface area contributed by atoms with Crippen molar-refractivity contribution in [2.75, 3.05) is 18.0 Å². The monoisotopic (exact) mass is 463 g/mol. The molecule has 0 spiro atoms. The lowest BCUT2D eigenvalue weighted by Gasteiger charge is -2.32. The Balaban J connectivity index is 1.56. The molecule has 3 N–H and O–H groups in total. The highest BCUT2D eigenvalue weighted by Gasteiger charge is 2.25. The van der Waals surface area contributed by atoms with Crippen LogP contribution in [0.2, 0.25) is 0 Å². The van der Waals surface area contributed by atoms with Gasteiger partial charge >= 0.3 is 0 Å². The van der Waals surface area contributed by atoms with Gasteiger partial charge in [-0.05, 0) is 73.0 Å². The molecule has 0 radical (unpaired) electrons. The molecule has 0 unspecified atom stereocenters. The number of piperidine rings is 1. The number of aryl methyl sites for hydroxylation is 1. The number of nitrogens with two attached hydrogens (primary N) is 1. The molecule has 2 saturated heterocycles. The van der Waals surface area contributed by atoms with Gasteiger partial charge in [0.1, 0.15) is 5.82 Å². The number of pyridine rings is 2. The van der Waals surface area contributed by atoms with E-state index in [9.17, 15) is 9.59 Å². The number of carbonyl (C=O) groups excluding carboxylic acids is 2. The summed E-state index contributed by atoms with van der Waals surface area (Å²) < 4.78 is 15.1. The number of thioether (sulfide) groups is 1. The van der Waals surface area contributed by atoms with Crippen molar-refractivity contribution in [1.82, 2.24) is 15.3 Å². The number of nitrogens with zero attached hydrogens (tertiary/aromatic N) is 3. The van der Waals surface area contributed by atoms with Gasteiger partial charge in [-0.15, -0.1) is 0 Å². The summed E-state index contributed by atoms with van der Waals surface area (Å²) in [6.45, 7) is 3.33. The molecule has 2 aromatic heterocycles. The van der Waals surface area contributed by atoms with E-state index < -0.39 is 11.1 Å². The number of anilines is 1. The molecule has 4 heterocycles. The van der Waals surface area contributed by atoms with Crippen molar-refractivity contribution < 1.29 is 14.0 Å². The summed E-state index contributed by atoms with van der Waals surface area (Å²) in [6, 6.07) is 8.86. The Morgan fingerprint density at radius 1 is 1.24 bits per heavy atom. The van der Waals surface area contributed by atoms with Crippen molar-refractivity contribution in [3.8, 4) is 11.1 Å². The summed E-state index contributed by atoms with van der Waals surface area (Å²) in [5, 5.41) is 1.83. The highest BCUT2D eigenvalue weighted by Crippen LogP contribution is 2.33. The molecule has 0 bridgehead atoms. The van der Waals surface area contributed by atoms with Crippen LogP contribution in [0.3, 0.4) is 0 Å². The summed E-state index contributed by atoms with van der Waals surface area (Å²) in [7, 11) is 0. The van der Waals surface area contributed by atoms with Gasteiger partial charge in [-0.1, -0.05) is 6.07 Å². The molecule has 2 fully saturated rings. The van der Waals surface area contributed by atoms with Gasteiger partial charge in [0, 0.05) is 30.9 Å². The number of benzene rings is 1. The number of fused-ring (bicyclic) bond motifs is 1. The summed E-state index contributed by atoms with van der Waals surface area (Å²) >= 11 is 0.840. The number of amides is 2. The lowest BCUT2D eigenvalue weighted by molar-refractivity contribution is -0.115. The lowest BCUT2D eigenvalue weighted by Crippen LogP contribution is -2.43.